The predicted octanol–water partition coefficient (Wildman–Crippen LogP) is -1.43. The Hall–Kier alpha value is 0.989. The molecule has 0 atom stereocenters. The van der Waals surface area contributed by atoms with Crippen molar-refractivity contribution in [2.24, 2.45) is 0 Å². The maximum atomic E-state index is 8.50. The summed E-state index contributed by atoms with van der Waals surface area (Å²) in [5.74, 6) is 0. The van der Waals surface area contributed by atoms with Gasteiger partial charge in [0, 0.05) is 0 Å². The van der Waals surface area contributed by atoms with E-state index < -0.39 is 19.5 Å². The van der Waals surface area contributed by atoms with E-state index in [1.54, 1.807) is 0 Å². The van der Waals surface area contributed by atoms with Crippen molar-refractivity contribution in [1.82, 2.24) is 0 Å². The SMILES string of the molecule is [O]=[Ti+].[O]=[Ti][O-]. The van der Waals surface area contributed by atoms with Crippen molar-refractivity contribution in [3.05, 3.63) is 0 Å². The molecule has 0 aliphatic carbocycles. The molecule has 0 rings (SSSR count). The Morgan fingerprint density at radius 3 is 1.60 bits per heavy atom. The first-order valence-electron chi connectivity index (χ1n) is 0.612. The van der Waals surface area contributed by atoms with Crippen LogP contribution in [0.5, 0.6) is 0 Å². The fourth-order valence-electron chi connectivity index (χ4n) is 0. The van der Waals surface area contributed by atoms with E-state index in [-0.39, 0.29) is 0 Å². The van der Waals surface area contributed by atoms with Gasteiger partial charge in [0.15, 0.2) is 0 Å². The van der Waals surface area contributed by atoms with E-state index in [4.69, 9.17) is 10.3 Å². The molecule has 0 spiro atoms. The van der Waals surface area contributed by atoms with E-state index in [0.717, 1.165) is 20.4 Å². The number of hydrogen-bond donors (Lipinski definition) is 0. The van der Waals surface area contributed by atoms with Crippen LogP contribution >= 0.6 is 0 Å². The third kappa shape index (κ3) is 45.6. The maximum absolute atomic E-state index is 8.50. The molecule has 5 heavy (non-hydrogen) atoms. The van der Waals surface area contributed by atoms with Gasteiger partial charge in [0.05, 0.1) is 0 Å². The van der Waals surface area contributed by atoms with Crippen LogP contribution in [-0.2, 0) is 46.6 Å². The summed E-state index contributed by atoms with van der Waals surface area (Å²) in [6.45, 7) is 0. The standard InChI is InChI=1S/3O.2Ti/q;;-1;;+1. The number of rotatable bonds is 0. The average Bonchev–Trinajstić information content (AvgIpc) is 1.46. The van der Waals surface area contributed by atoms with Crippen LogP contribution in [0.4, 0.5) is 0 Å². The molecule has 0 aromatic rings. The third-order valence-corrected chi connectivity index (χ3v) is 0. The van der Waals surface area contributed by atoms with Crippen LogP contribution in [0, 0.1) is 0 Å². The summed E-state index contributed by atoms with van der Waals surface area (Å²) < 4.78 is 25.2. The molecule has 26 valence electrons. The molecule has 0 heterocycles. The van der Waals surface area contributed by atoms with E-state index in [1.807, 2.05) is 0 Å². The van der Waals surface area contributed by atoms with Crippen molar-refractivity contribution in [1.29, 1.82) is 0 Å². The molecule has 3 nitrogen and oxygen atoms in total. The van der Waals surface area contributed by atoms with Gasteiger partial charge in [-0.15, -0.1) is 0 Å². The first-order chi connectivity index (χ1) is 2.41. The molecule has 0 aliphatic heterocycles. The summed E-state index contributed by atoms with van der Waals surface area (Å²) in [4.78, 5) is 0. The van der Waals surface area contributed by atoms with Crippen molar-refractivity contribution >= 4 is 0 Å². The Bertz CT molecular complexity index is 18.9. The summed E-state index contributed by atoms with van der Waals surface area (Å²) in [7, 11) is 0. The quantitative estimate of drug-likeness (QED) is 0.391. The predicted molar refractivity (Wildman–Crippen MR) is 1.37 cm³/mol. The van der Waals surface area contributed by atoms with Gasteiger partial charge in [-0.1, -0.05) is 0 Å². The van der Waals surface area contributed by atoms with Crippen molar-refractivity contribution in [3.63, 3.8) is 0 Å². The second-order valence-electron chi connectivity index (χ2n) is 0.0833. The first kappa shape index (κ1) is 9.37. The molecule has 0 N–H and O–H groups in total. The van der Waals surface area contributed by atoms with Gasteiger partial charge >= 0.3 is 50.3 Å². The summed E-state index contributed by atoms with van der Waals surface area (Å²) >= 11 is -1.25. The van der Waals surface area contributed by atoms with E-state index in [0.29, 0.717) is 0 Å². The Morgan fingerprint density at radius 1 is 1.60 bits per heavy atom. The first-order valence-corrected chi connectivity index (χ1v) is 2.52. The Labute approximate surface area is 50.2 Å². The van der Waals surface area contributed by atoms with Crippen molar-refractivity contribution in [3.8, 4) is 0 Å². The molecule has 0 amide bonds. The molecule has 0 aliphatic rings. The Balaban J connectivity index is 0. The zero-order chi connectivity index (χ0) is 4.71. The summed E-state index contributed by atoms with van der Waals surface area (Å²) in [6.07, 6.45) is 0. The van der Waals surface area contributed by atoms with Crippen LogP contribution < -0.4 is 3.69 Å². The molecule has 0 radical (unpaired) electrons. The minimum absolute atomic E-state index is 0.750. The van der Waals surface area contributed by atoms with Crippen LogP contribution in [0.25, 0.3) is 0 Å². The van der Waals surface area contributed by atoms with Crippen LogP contribution in [0.1, 0.15) is 0 Å². The fraction of sp³-hybridized carbons (Fsp3) is 0. The molecule has 0 saturated heterocycles. The molecular formula is O3Ti2. The van der Waals surface area contributed by atoms with Gasteiger partial charge in [0.2, 0.25) is 0 Å². The molecule has 0 saturated carbocycles. The monoisotopic (exact) mass is 144 g/mol. The molecule has 0 aromatic heterocycles. The van der Waals surface area contributed by atoms with Gasteiger partial charge in [-0.3, -0.25) is 0 Å². The van der Waals surface area contributed by atoms with Crippen molar-refractivity contribution in [2.75, 3.05) is 0 Å². The molecule has 0 fully saturated rings. The van der Waals surface area contributed by atoms with Crippen molar-refractivity contribution in [2.45, 2.75) is 0 Å². The summed E-state index contributed by atoms with van der Waals surface area (Å²) in [6, 6.07) is 0. The molecule has 0 unspecified atom stereocenters. The zero-order valence-corrected chi connectivity index (χ0v) is 5.35. The van der Waals surface area contributed by atoms with E-state index in [1.165, 1.54) is 0 Å². The van der Waals surface area contributed by atoms with E-state index >= 15 is 0 Å². The fourth-order valence-corrected chi connectivity index (χ4v) is 0. The van der Waals surface area contributed by atoms with Gasteiger partial charge in [-0.05, 0) is 0 Å². The van der Waals surface area contributed by atoms with Crippen LogP contribution in [0.3, 0.4) is 0 Å². The Morgan fingerprint density at radius 2 is 1.60 bits per heavy atom. The minimum atomic E-state index is -2.00. The van der Waals surface area contributed by atoms with E-state index in [9.17, 15) is 0 Å². The van der Waals surface area contributed by atoms with Gasteiger partial charge in [-0.2, -0.15) is 0 Å². The zero-order valence-electron chi connectivity index (χ0n) is 2.22. The second-order valence-corrected chi connectivity index (χ2v) is 0.344. The van der Waals surface area contributed by atoms with Crippen LogP contribution in [0.2, 0.25) is 0 Å². The normalized spacial score (nSPS) is 3.00. The Kier molecular flexibility index (Phi) is 37.6. The van der Waals surface area contributed by atoms with Gasteiger partial charge in [0.1, 0.15) is 0 Å². The topological polar surface area (TPSA) is 57.2 Å². The second kappa shape index (κ2) is 20.1. The molecular weight excluding hydrogens is 144 g/mol. The third-order valence-electron chi connectivity index (χ3n) is 0. The van der Waals surface area contributed by atoms with Gasteiger partial charge in [-0.25, -0.2) is 0 Å². The number of hydrogen-bond acceptors (Lipinski definition) is 3. The van der Waals surface area contributed by atoms with Crippen LogP contribution in [0.15, 0.2) is 0 Å². The molecule has 5 heteroatoms. The van der Waals surface area contributed by atoms with Gasteiger partial charge in [0.25, 0.3) is 0 Å². The van der Waals surface area contributed by atoms with Crippen LogP contribution in [-0.4, -0.2) is 0 Å². The summed E-state index contributed by atoms with van der Waals surface area (Å²) in [5, 5.41) is 0. The molecule has 0 bridgehead atoms. The van der Waals surface area contributed by atoms with Gasteiger partial charge < -0.3 is 0 Å². The van der Waals surface area contributed by atoms with E-state index in [2.05, 4.69) is 0 Å². The molecule has 0 aromatic carbocycles. The average molecular weight is 144 g/mol. The summed E-state index contributed by atoms with van der Waals surface area (Å²) in [5.41, 5.74) is 0. The van der Waals surface area contributed by atoms with Crippen molar-refractivity contribution < 1.29 is 50.3 Å².